The van der Waals surface area contributed by atoms with Crippen LogP contribution in [0.15, 0.2) is 30.3 Å². The van der Waals surface area contributed by atoms with Crippen molar-refractivity contribution in [2.45, 2.75) is 24.6 Å². The molecule has 2 amide bonds. The van der Waals surface area contributed by atoms with E-state index < -0.39 is 16.1 Å². The molecule has 0 spiro atoms. The van der Waals surface area contributed by atoms with Crippen LogP contribution in [0.2, 0.25) is 0 Å². The number of amides is 2. The molecule has 9 heteroatoms. The average Bonchev–Trinajstić information content (AvgIpc) is 2.60. The molecule has 0 aromatic heterocycles. The normalized spacial score (nSPS) is 18.7. The first-order valence-electron chi connectivity index (χ1n) is 9.26. The molecule has 27 heavy (non-hydrogen) atoms. The van der Waals surface area contributed by atoms with Crippen LogP contribution in [0, 0.1) is 0 Å². The largest absolute Gasteiger partial charge is 0.341 e. The van der Waals surface area contributed by atoms with Gasteiger partial charge in [-0.2, -0.15) is 0 Å². The minimum absolute atomic E-state index is 0.149. The Morgan fingerprint density at radius 1 is 1.04 bits per heavy atom. The first kappa shape index (κ1) is 19.8. The fraction of sp³-hybridized carbons (Fsp3) is 0.556. The summed E-state index contributed by atoms with van der Waals surface area (Å²) in [4.78, 5) is 28.5. The van der Waals surface area contributed by atoms with Crippen molar-refractivity contribution in [1.29, 1.82) is 0 Å². The third-order valence-corrected chi connectivity index (χ3v) is 6.19. The van der Waals surface area contributed by atoms with E-state index >= 15 is 0 Å². The van der Waals surface area contributed by atoms with Crippen molar-refractivity contribution in [1.82, 2.24) is 19.8 Å². The van der Waals surface area contributed by atoms with Gasteiger partial charge in [0.2, 0.25) is 21.8 Å². The van der Waals surface area contributed by atoms with Gasteiger partial charge >= 0.3 is 0 Å². The van der Waals surface area contributed by atoms with Gasteiger partial charge in [0.25, 0.3) is 0 Å². The summed E-state index contributed by atoms with van der Waals surface area (Å²) in [6.07, 6.45) is 0.754. The van der Waals surface area contributed by atoms with E-state index in [2.05, 4.69) is 10.0 Å². The summed E-state index contributed by atoms with van der Waals surface area (Å²) in [5.74, 6) is -0.737. The number of benzene rings is 1. The zero-order valence-electron chi connectivity index (χ0n) is 15.3. The summed E-state index contributed by atoms with van der Waals surface area (Å²) in [5, 5.41) is 3.17. The molecule has 2 aliphatic heterocycles. The smallest absolute Gasteiger partial charge is 0.241 e. The molecular formula is C18H26N4O4S. The van der Waals surface area contributed by atoms with Crippen molar-refractivity contribution in [3.05, 3.63) is 35.9 Å². The van der Waals surface area contributed by atoms with Crippen molar-refractivity contribution in [2.75, 3.05) is 39.3 Å². The maximum Gasteiger partial charge on any atom is 0.241 e. The Morgan fingerprint density at radius 2 is 1.70 bits per heavy atom. The maximum atomic E-state index is 12.7. The lowest BCUT2D eigenvalue weighted by atomic mass is 10.1. The highest BCUT2D eigenvalue weighted by atomic mass is 32.2. The molecule has 2 aliphatic rings. The quantitative estimate of drug-likeness (QED) is 0.651. The van der Waals surface area contributed by atoms with Gasteiger partial charge in [0.1, 0.15) is 6.04 Å². The number of hydrogen-bond acceptors (Lipinski definition) is 5. The summed E-state index contributed by atoms with van der Waals surface area (Å²) in [5.41, 5.74) is 0.633. The lowest BCUT2D eigenvalue weighted by molar-refractivity contribution is -0.141. The number of nitrogens with zero attached hydrogens (tertiary/aromatic N) is 2. The van der Waals surface area contributed by atoms with Gasteiger partial charge in [0.05, 0.1) is 12.2 Å². The van der Waals surface area contributed by atoms with E-state index in [1.54, 1.807) is 34.1 Å². The van der Waals surface area contributed by atoms with E-state index in [4.69, 9.17) is 0 Å². The second-order valence-corrected chi connectivity index (χ2v) is 8.68. The van der Waals surface area contributed by atoms with Gasteiger partial charge in [-0.15, -0.1) is 0 Å². The number of piperazine rings is 1. The lowest BCUT2D eigenvalue weighted by Crippen LogP contribution is -2.55. The number of rotatable bonds is 7. The number of sulfonamides is 1. The molecule has 2 saturated heterocycles. The lowest BCUT2D eigenvalue weighted by Gasteiger charge is -2.35. The minimum Gasteiger partial charge on any atom is -0.341 e. The molecule has 2 heterocycles. The first-order valence-corrected chi connectivity index (χ1v) is 10.9. The van der Waals surface area contributed by atoms with Crippen LogP contribution < -0.4 is 10.0 Å². The van der Waals surface area contributed by atoms with Crippen molar-refractivity contribution in [2.24, 2.45) is 0 Å². The molecule has 2 N–H and O–H groups in total. The summed E-state index contributed by atoms with van der Waals surface area (Å²) in [6, 6.07) is 7.73. The van der Waals surface area contributed by atoms with E-state index in [-0.39, 0.29) is 24.0 Å². The number of likely N-dealkylation sites (tertiary alicyclic amines) is 1. The fourth-order valence-corrected chi connectivity index (χ4v) is 4.54. The van der Waals surface area contributed by atoms with Crippen molar-refractivity contribution in [3.8, 4) is 0 Å². The number of nitrogens with one attached hydrogen (secondary N) is 2. The Bertz CT molecular complexity index is 759. The molecular weight excluding hydrogens is 368 g/mol. The highest BCUT2D eigenvalue weighted by Crippen LogP contribution is 2.13. The van der Waals surface area contributed by atoms with Crippen LogP contribution in [0.5, 0.6) is 0 Å². The molecule has 148 valence electrons. The molecule has 0 aliphatic carbocycles. The Labute approximate surface area is 160 Å². The molecule has 2 fully saturated rings. The van der Waals surface area contributed by atoms with E-state index in [1.807, 2.05) is 6.07 Å². The van der Waals surface area contributed by atoms with E-state index in [9.17, 15) is 18.0 Å². The zero-order valence-corrected chi connectivity index (χ0v) is 16.1. The molecule has 3 rings (SSSR count). The van der Waals surface area contributed by atoms with Crippen LogP contribution in [0.4, 0.5) is 0 Å². The van der Waals surface area contributed by atoms with Gasteiger partial charge in [-0.25, -0.2) is 13.1 Å². The van der Waals surface area contributed by atoms with Crippen LogP contribution in [0.3, 0.4) is 0 Å². The Hall–Kier alpha value is -1.97. The van der Waals surface area contributed by atoms with Gasteiger partial charge in [-0.05, 0) is 12.0 Å². The number of carbonyl (C=O) groups excluding carboxylic acids is 2. The zero-order chi connectivity index (χ0) is 19.3. The standard InChI is InChI=1S/C18H26N4O4S/c23-17(21-11-7-19-8-12-21)13-16(18(24)22-9-4-10-22)20-27(25,26)14-15-5-2-1-3-6-15/h1-3,5-6,16,19-20H,4,7-14H2. The van der Waals surface area contributed by atoms with Gasteiger partial charge in [0.15, 0.2) is 0 Å². The summed E-state index contributed by atoms with van der Waals surface area (Å²) >= 11 is 0. The highest BCUT2D eigenvalue weighted by molar-refractivity contribution is 7.88. The van der Waals surface area contributed by atoms with Crippen molar-refractivity contribution in [3.63, 3.8) is 0 Å². The second-order valence-electron chi connectivity index (χ2n) is 6.93. The van der Waals surface area contributed by atoms with Gasteiger partial charge in [-0.3, -0.25) is 9.59 Å². The molecule has 0 saturated carbocycles. The number of hydrogen-bond donors (Lipinski definition) is 2. The highest BCUT2D eigenvalue weighted by Gasteiger charge is 2.34. The molecule has 1 aromatic rings. The van der Waals surface area contributed by atoms with Crippen LogP contribution >= 0.6 is 0 Å². The van der Waals surface area contributed by atoms with Crippen LogP contribution in [0.25, 0.3) is 0 Å². The van der Waals surface area contributed by atoms with Gasteiger partial charge < -0.3 is 15.1 Å². The Morgan fingerprint density at radius 3 is 2.30 bits per heavy atom. The minimum atomic E-state index is -3.75. The number of carbonyl (C=O) groups is 2. The first-order chi connectivity index (χ1) is 12.9. The third-order valence-electron chi connectivity index (χ3n) is 4.84. The predicted molar refractivity (Wildman–Crippen MR) is 101 cm³/mol. The molecule has 1 aromatic carbocycles. The summed E-state index contributed by atoms with van der Waals surface area (Å²) in [6.45, 7) is 3.77. The van der Waals surface area contributed by atoms with E-state index in [0.717, 1.165) is 6.42 Å². The summed E-state index contributed by atoms with van der Waals surface area (Å²) in [7, 11) is -3.75. The van der Waals surface area contributed by atoms with E-state index in [1.165, 1.54) is 0 Å². The second kappa shape index (κ2) is 8.81. The molecule has 0 radical (unpaired) electrons. The SMILES string of the molecule is O=C(CC(NS(=O)(=O)Cc1ccccc1)C(=O)N1CCC1)N1CCNCC1. The molecule has 1 unspecified atom stereocenters. The fourth-order valence-electron chi connectivity index (χ4n) is 3.21. The maximum absolute atomic E-state index is 12.7. The average molecular weight is 394 g/mol. The molecule has 0 bridgehead atoms. The van der Waals surface area contributed by atoms with Gasteiger partial charge in [0, 0.05) is 39.3 Å². The van der Waals surface area contributed by atoms with Crippen molar-refractivity contribution >= 4 is 21.8 Å². The monoisotopic (exact) mass is 394 g/mol. The van der Waals surface area contributed by atoms with E-state index in [0.29, 0.717) is 44.8 Å². The van der Waals surface area contributed by atoms with Crippen molar-refractivity contribution < 1.29 is 18.0 Å². The van der Waals surface area contributed by atoms with Crippen LogP contribution in [-0.4, -0.2) is 75.3 Å². The summed E-state index contributed by atoms with van der Waals surface area (Å²) < 4.78 is 27.6. The van der Waals surface area contributed by atoms with Crippen LogP contribution in [0.1, 0.15) is 18.4 Å². The van der Waals surface area contributed by atoms with Crippen LogP contribution in [-0.2, 0) is 25.4 Å². The molecule has 8 nitrogen and oxygen atoms in total. The third kappa shape index (κ3) is 5.50. The molecule has 1 atom stereocenters. The Kier molecular flexibility index (Phi) is 6.46. The topological polar surface area (TPSA) is 98.8 Å². The predicted octanol–water partition coefficient (Wildman–Crippen LogP) is -0.471. The Balaban J connectivity index is 1.69. The van der Waals surface area contributed by atoms with Gasteiger partial charge in [-0.1, -0.05) is 30.3 Å².